The molecule has 0 spiro atoms. The van der Waals surface area contributed by atoms with Crippen LogP contribution in [0.1, 0.15) is 63.3 Å². The van der Waals surface area contributed by atoms with Crippen LogP contribution < -0.4 is 14.4 Å². The van der Waals surface area contributed by atoms with E-state index in [2.05, 4.69) is 14.1 Å². The summed E-state index contributed by atoms with van der Waals surface area (Å²) in [5, 5.41) is 19.7. The lowest BCUT2D eigenvalue weighted by Gasteiger charge is -2.25. The second-order valence-electron chi connectivity index (χ2n) is 13.9. The van der Waals surface area contributed by atoms with Crippen molar-refractivity contribution in [2.45, 2.75) is 65.6 Å². The molecule has 1 saturated heterocycles. The summed E-state index contributed by atoms with van der Waals surface area (Å²) in [6, 6.07) is 25.4. The molecule has 2 aromatic heterocycles. The van der Waals surface area contributed by atoms with Gasteiger partial charge in [0.25, 0.3) is 23.5 Å². The number of aromatic nitrogens is 3. The predicted molar refractivity (Wildman–Crippen MR) is 200 cm³/mol. The second kappa shape index (κ2) is 17.9. The molecular formula is C42H42F3N5O8. The molecule has 304 valence electrons. The Morgan fingerprint density at radius 3 is 2.22 bits per heavy atom. The van der Waals surface area contributed by atoms with Gasteiger partial charge < -0.3 is 24.6 Å². The van der Waals surface area contributed by atoms with Gasteiger partial charge in [-0.25, -0.2) is 13.9 Å². The van der Waals surface area contributed by atoms with Gasteiger partial charge in [-0.3, -0.25) is 24.3 Å². The first kappa shape index (κ1) is 41.3. The number of rotatable bonds is 12. The number of nitrogens with zero attached hydrogens (tertiary/aromatic N) is 5. The van der Waals surface area contributed by atoms with E-state index in [-0.39, 0.29) is 43.2 Å². The van der Waals surface area contributed by atoms with E-state index in [0.29, 0.717) is 67.0 Å². The minimum Gasteiger partial charge on any atom is -0.871 e. The fourth-order valence-electron chi connectivity index (χ4n) is 7.06. The third-order valence-corrected chi connectivity index (χ3v) is 10.0. The molecule has 0 saturated carbocycles. The van der Waals surface area contributed by atoms with Crippen molar-refractivity contribution in [3.8, 4) is 11.5 Å². The summed E-state index contributed by atoms with van der Waals surface area (Å²) < 4.78 is 47.9. The van der Waals surface area contributed by atoms with Gasteiger partial charge in [-0.05, 0) is 62.6 Å². The molecule has 1 fully saturated rings. The van der Waals surface area contributed by atoms with Crippen LogP contribution in [0.5, 0.6) is 11.5 Å². The number of hydrogen-bond donors (Lipinski definition) is 1. The molecule has 2 aliphatic heterocycles. The second-order valence-corrected chi connectivity index (χ2v) is 13.9. The van der Waals surface area contributed by atoms with E-state index in [1.165, 1.54) is 11.0 Å². The Hall–Kier alpha value is -6.29. The van der Waals surface area contributed by atoms with Crippen LogP contribution in [0.4, 0.5) is 13.2 Å². The molecule has 3 aromatic carbocycles. The number of imide groups is 1. The van der Waals surface area contributed by atoms with Gasteiger partial charge in [-0.15, -0.1) is 0 Å². The molecule has 0 aliphatic carbocycles. The summed E-state index contributed by atoms with van der Waals surface area (Å²) in [5.74, 6) is -2.13. The number of carbonyl (C=O) groups excluding carboxylic acids is 3. The largest absolute Gasteiger partial charge is 0.871 e. The third-order valence-electron chi connectivity index (χ3n) is 10.0. The number of alkyl halides is 3. The average molecular weight is 802 g/mol. The highest BCUT2D eigenvalue weighted by Crippen LogP contribution is 2.28. The molecular weight excluding hydrogens is 759 g/mol. The van der Waals surface area contributed by atoms with Crippen molar-refractivity contribution in [2.24, 2.45) is 5.92 Å². The van der Waals surface area contributed by atoms with Crippen molar-refractivity contribution in [1.29, 1.82) is 0 Å². The van der Waals surface area contributed by atoms with Gasteiger partial charge in [-0.2, -0.15) is 13.2 Å². The summed E-state index contributed by atoms with van der Waals surface area (Å²) in [4.78, 5) is 56.8. The van der Waals surface area contributed by atoms with Crippen LogP contribution in [0, 0.1) is 12.8 Å². The summed E-state index contributed by atoms with van der Waals surface area (Å²) >= 11 is 0. The lowest BCUT2D eigenvalue weighted by atomic mass is 10.0. The highest BCUT2D eigenvalue weighted by atomic mass is 19.4. The lowest BCUT2D eigenvalue weighted by molar-refractivity contribution is -0.687. The Labute approximate surface area is 331 Å². The van der Waals surface area contributed by atoms with E-state index in [9.17, 15) is 32.7 Å². The molecule has 2 aliphatic rings. The maximum Gasteiger partial charge on any atom is 0.490 e. The molecule has 3 amide bonds. The summed E-state index contributed by atoms with van der Waals surface area (Å²) in [6.45, 7) is 6.79. The Balaban J connectivity index is 0.000000743. The molecule has 0 unspecified atom stereocenters. The molecule has 5 aromatic rings. The van der Waals surface area contributed by atoms with Crippen LogP contribution >= 0.6 is 0 Å². The van der Waals surface area contributed by atoms with Crippen LogP contribution in [-0.4, -0.2) is 74.1 Å². The number of benzene rings is 3. The van der Waals surface area contributed by atoms with Gasteiger partial charge in [-0.1, -0.05) is 54.3 Å². The molecule has 4 heterocycles. The van der Waals surface area contributed by atoms with Crippen LogP contribution in [0.15, 0.2) is 84.9 Å². The van der Waals surface area contributed by atoms with E-state index in [1.54, 1.807) is 35.2 Å². The number of hydrogen-bond acceptors (Lipinski definition) is 8. The third kappa shape index (κ3) is 9.45. The van der Waals surface area contributed by atoms with E-state index in [1.807, 2.05) is 62.4 Å². The van der Waals surface area contributed by atoms with Gasteiger partial charge in [0.05, 0.1) is 36.5 Å². The molecule has 1 N–H and O–H groups in total. The van der Waals surface area contributed by atoms with E-state index in [4.69, 9.17) is 19.4 Å². The number of carboxylic acids is 1. The smallest absolute Gasteiger partial charge is 0.490 e. The molecule has 7 rings (SSSR count). The van der Waals surface area contributed by atoms with Crippen LogP contribution in [0.25, 0.3) is 11.0 Å². The molecule has 0 radical (unpaired) electrons. The number of aryl methyl sites for hydroxylation is 2. The number of carbonyl (C=O) groups is 4. The first-order valence-electron chi connectivity index (χ1n) is 18.7. The number of ether oxygens (including phenoxy) is 2. The zero-order valence-electron chi connectivity index (χ0n) is 31.9. The van der Waals surface area contributed by atoms with Crippen molar-refractivity contribution >= 4 is 34.7 Å². The molecule has 58 heavy (non-hydrogen) atoms. The van der Waals surface area contributed by atoms with Crippen molar-refractivity contribution < 1.29 is 56.6 Å². The Morgan fingerprint density at radius 1 is 0.966 bits per heavy atom. The number of aliphatic carboxylic acids is 1. The van der Waals surface area contributed by atoms with E-state index >= 15 is 0 Å². The maximum absolute atomic E-state index is 13.7. The van der Waals surface area contributed by atoms with Gasteiger partial charge >= 0.3 is 12.1 Å². The number of pyridine rings is 1. The monoisotopic (exact) mass is 801 g/mol. The fraction of sp³-hybridized carbons (Fsp3) is 0.333. The van der Waals surface area contributed by atoms with Crippen molar-refractivity contribution in [1.82, 2.24) is 19.4 Å². The highest BCUT2D eigenvalue weighted by molar-refractivity contribution is 6.21. The highest BCUT2D eigenvalue weighted by Gasteiger charge is 2.40. The Morgan fingerprint density at radius 2 is 1.60 bits per heavy atom. The van der Waals surface area contributed by atoms with Gasteiger partial charge in [0.15, 0.2) is 17.6 Å². The first-order chi connectivity index (χ1) is 27.7. The van der Waals surface area contributed by atoms with Gasteiger partial charge in [0.2, 0.25) is 0 Å². The summed E-state index contributed by atoms with van der Waals surface area (Å²) in [7, 11) is 0. The molecule has 16 heteroatoms. The van der Waals surface area contributed by atoms with Crippen molar-refractivity contribution in [3.63, 3.8) is 0 Å². The lowest BCUT2D eigenvalue weighted by Crippen LogP contribution is -2.45. The average Bonchev–Trinajstić information content (AvgIpc) is 3.63. The van der Waals surface area contributed by atoms with Crippen LogP contribution in [-0.2, 0) is 47.0 Å². The van der Waals surface area contributed by atoms with Crippen LogP contribution in [0.2, 0.25) is 0 Å². The number of carboxylic acid groups (broad SMARTS) is 1. The summed E-state index contributed by atoms with van der Waals surface area (Å²) in [5.41, 5.74) is 4.61. The summed E-state index contributed by atoms with van der Waals surface area (Å²) in [6.07, 6.45) is -3.24. The topological polar surface area (TPSA) is 158 Å². The minimum atomic E-state index is -5.08. The van der Waals surface area contributed by atoms with Crippen LogP contribution in [0.3, 0.4) is 0 Å². The molecule has 0 atom stereocenters. The standard InChI is InChI=1S/C40H41N5O6.C2HF3O2/c1-3-43-35-21-30(51-26-38(47)42(22-28-9-5-4-6-10-28)24-33-36(46)16-13-27(2)41-33)14-15-34(35)44(23-29-17-19-50-20-18-29)37(43)25-45-39(48)31-11-7-8-12-32(31)40(45)49;3-2(4,5)1(6)7/h4-16,21,29H,3,17-20,22-26H2,1-2H3;(H,6,7). The molecule has 0 bridgehead atoms. The zero-order valence-corrected chi connectivity index (χ0v) is 31.9. The van der Waals surface area contributed by atoms with E-state index < -0.39 is 12.1 Å². The molecule has 13 nitrogen and oxygen atoms in total. The first-order valence-corrected chi connectivity index (χ1v) is 18.7. The SMILES string of the molecule is CCn1c(CN2C(=O)c3ccccc3C2=O)[n+](CC2CCOCC2)c2ccc(OCC(=O)N(Cc3ccccc3)Cc3nc(C)ccc3[O-])cc21.O=C(O)C(F)(F)F. The Kier molecular flexibility index (Phi) is 12.7. The quantitative estimate of drug-likeness (QED) is 0.133. The van der Waals surface area contributed by atoms with Crippen molar-refractivity contribution in [2.75, 3.05) is 19.8 Å². The number of fused-ring (bicyclic) bond motifs is 2. The predicted octanol–water partition coefficient (Wildman–Crippen LogP) is 5.19. The van der Waals surface area contributed by atoms with Gasteiger partial charge in [0, 0.05) is 37.4 Å². The normalized spacial score (nSPS) is 14.3. The maximum atomic E-state index is 13.7. The number of imidazole rings is 1. The zero-order chi connectivity index (χ0) is 41.6. The number of amides is 3. The number of halogens is 3. The van der Waals surface area contributed by atoms with E-state index in [0.717, 1.165) is 35.3 Å². The van der Waals surface area contributed by atoms with Gasteiger partial charge in [0.1, 0.15) is 12.3 Å². The van der Waals surface area contributed by atoms with Crippen molar-refractivity contribution in [3.05, 3.63) is 119 Å². The minimum absolute atomic E-state index is 0.0582. The fourth-order valence-corrected chi connectivity index (χ4v) is 7.06. The Bertz CT molecular complexity index is 2270.